The van der Waals surface area contributed by atoms with Crippen molar-refractivity contribution < 1.29 is 75.6 Å². The van der Waals surface area contributed by atoms with Crippen LogP contribution in [0.25, 0.3) is 0 Å². The van der Waals surface area contributed by atoms with Gasteiger partial charge in [0.2, 0.25) is 0 Å². The molecule has 0 aliphatic heterocycles. The fourth-order valence-electron chi connectivity index (χ4n) is 0. The van der Waals surface area contributed by atoms with Crippen LogP contribution in [0.15, 0.2) is 0 Å². The Morgan fingerprint density at radius 1 is 1.40 bits per heavy atom. The minimum Gasteiger partial charge on any atom is 2.00 e. The van der Waals surface area contributed by atoms with E-state index in [2.05, 4.69) is 0 Å². The van der Waals surface area contributed by atoms with E-state index in [1.807, 2.05) is 0 Å². The van der Waals surface area contributed by atoms with Crippen LogP contribution in [0.2, 0.25) is 0 Å². The molecule has 0 aromatic rings. The molecule has 5 heteroatoms. The molecule has 5 heavy (non-hydrogen) atoms. The summed E-state index contributed by atoms with van der Waals surface area (Å²) in [7, 11) is 0. The van der Waals surface area contributed by atoms with Crippen molar-refractivity contribution in [2.75, 3.05) is 0 Å². The number of hydrogen-bond donors (Lipinski definition) is 0. The summed E-state index contributed by atoms with van der Waals surface area (Å²) in [5, 5.41) is 0. The van der Waals surface area contributed by atoms with Gasteiger partial charge >= 0.3 is 65.3 Å². The predicted octanol–water partition coefficient (Wildman–Crippen LogP) is -0.280. The van der Waals surface area contributed by atoms with Gasteiger partial charge in [0.25, 0.3) is 0 Å². The van der Waals surface area contributed by atoms with Gasteiger partial charge in [0.1, 0.15) is 0 Å². The van der Waals surface area contributed by atoms with E-state index in [9.17, 15) is 0 Å². The molecule has 0 amide bonds. The molecule has 0 rings (SSSR count). The average molecular weight is 351 g/mol. The first kappa shape index (κ1) is 23.6. The first-order valence-electron chi connectivity index (χ1n) is 0.154. The van der Waals surface area contributed by atoms with Crippen LogP contribution in [0.3, 0.4) is 0 Å². The van der Waals surface area contributed by atoms with Crippen molar-refractivity contribution in [3.63, 3.8) is 0 Å². The molecule has 1 nitrogen and oxygen atoms in total. The van der Waals surface area contributed by atoms with Gasteiger partial charge in [-0.3, -0.25) is 0 Å². The van der Waals surface area contributed by atoms with Gasteiger partial charge in [0.15, 0.2) is 0 Å². The van der Waals surface area contributed by atoms with Crippen molar-refractivity contribution in [2.45, 2.75) is 0 Å². The number of rotatable bonds is 0. The van der Waals surface area contributed by atoms with Crippen molar-refractivity contribution in [1.29, 1.82) is 0 Å². The van der Waals surface area contributed by atoms with Crippen LogP contribution in [0.4, 0.5) is 0 Å². The monoisotopic (exact) mass is 352 g/mol. The van der Waals surface area contributed by atoms with E-state index >= 15 is 0 Å². The van der Waals surface area contributed by atoms with E-state index in [0.717, 1.165) is 0 Å². The van der Waals surface area contributed by atoms with Gasteiger partial charge in [-0.1, -0.05) is 0 Å². The van der Waals surface area contributed by atoms with Crippen molar-refractivity contribution in [1.82, 2.24) is 0 Å². The molecule has 0 heterocycles. The molecule has 0 atom stereocenters. The maximum Gasteiger partial charge on any atom is 2.00 e. The zero-order valence-electron chi connectivity index (χ0n) is 4.48. The molecule has 0 saturated heterocycles. The van der Waals surface area contributed by atoms with Gasteiger partial charge in [-0.25, -0.2) is 0 Å². The molecule has 0 spiro atoms. The summed E-state index contributed by atoms with van der Waals surface area (Å²) in [5.41, 5.74) is 0. The third kappa shape index (κ3) is 18.5. The Balaban J connectivity index is -0.000000000500. The van der Waals surface area contributed by atoms with E-state index < -0.39 is 0 Å². The zero-order valence-corrected chi connectivity index (χ0v) is 12.0. The Labute approximate surface area is 118 Å². The van der Waals surface area contributed by atoms with Gasteiger partial charge < -0.3 is 2.85 Å². The average Bonchev–Trinajstić information content (AvgIpc) is 1.00. The molecule has 0 unspecified atom stereocenters. The molecule has 0 N–H and O–H groups in total. The second kappa shape index (κ2) is 25.8. The minimum atomic E-state index is 0. The molecule has 0 aliphatic carbocycles. The van der Waals surface area contributed by atoms with Gasteiger partial charge in [-0.05, 0) is 0 Å². The Kier molecular flexibility index (Phi) is 122. The zero-order chi connectivity index (χ0) is 2.00. The Hall–Kier alpha value is 3.53. The largest absolute Gasteiger partial charge is 2.00 e. The third-order valence-corrected chi connectivity index (χ3v) is 0. The van der Waals surface area contributed by atoms with E-state index in [1.54, 1.807) is 15.9 Å². The molecular formula is H2CrLaMnOSr. The molecule has 0 aliphatic rings. The van der Waals surface area contributed by atoms with Crippen LogP contribution >= 0.6 is 0 Å². The van der Waals surface area contributed by atoms with E-state index in [0.29, 0.717) is 0 Å². The van der Waals surface area contributed by atoms with Crippen LogP contribution in [0, 0.1) is 35.6 Å². The topological polar surface area (TPSA) is 17.1 Å². The second-order valence-electron chi connectivity index (χ2n) is 0. The summed E-state index contributed by atoms with van der Waals surface area (Å²) >= 11 is 1.69. The third-order valence-electron chi connectivity index (χ3n) is 0. The van der Waals surface area contributed by atoms with Crippen LogP contribution < -0.4 is 0 Å². The van der Waals surface area contributed by atoms with Gasteiger partial charge in [0, 0.05) is 53.0 Å². The standard InChI is InChI=1S/Cr.La.Mn.O.Sr.2H/q;;;;+2;2*-1. The summed E-state index contributed by atoms with van der Waals surface area (Å²) < 4.78 is 8.06. The first-order valence-corrected chi connectivity index (χ1v) is 0.636. The summed E-state index contributed by atoms with van der Waals surface area (Å²) in [5.74, 6) is 0. The predicted molar refractivity (Wildman–Crippen MR) is 8.66 cm³/mol. The maximum absolute atomic E-state index is 8.06. The molecule has 0 fully saturated rings. The van der Waals surface area contributed by atoms with Crippen LogP contribution in [-0.4, -0.2) is 45.5 Å². The van der Waals surface area contributed by atoms with Crippen molar-refractivity contribution in [3.05, 3.63) is 0 Å². The van der Waals surface area contributed by atoms with Crippen LogP contribution in [-0.2, 0) is 37.1 Å². The molecule has 0 aromatic carbocycles. The number of hydrogen-bond acceptors (Lipinski definition) is 1. The smallest absolute Gasteiger partial charge is 2.00 e. The van der Waals surface area contributed by atoms with Crippen LogP contribution in [0.1, 0.15) is 2.85 Å². The molecule has 0 bridgehead atoms. The molecule has 1 radical (unpaired) electrons. The SMILES string of the molecule is [Cr].[H-].[H-].[La].[O]=[Mn].[Sr+2]. The van der Waals surface area contributed by atoms with E-state index in [1.165, 1.54) is 0 Å². The Morgan fingerprint density at radius 3 is 1.40 bits per heavy atom. The maximum atomic E-state index is 8.06. The summed E-state index contributed by atoms with van der Waals surface area (Å²) in [4.78, 5) is 0. The normalized spacial score (nSPS) is 0.800. The van der Waals surface area contributed by atoms with Crippen molar-refractivity contribution >= 4 is 45.5 Å². The van der Waals surface area contributed by atoms with Gasteiger partial charge in [-0.15, -0.1) is 0 Å². The molecule has 0 aromatic heterocycles. The second-order valence-corrected chi connectivity index (χ2v) is 0. The Bertz CT molecular complexity index is 17.7. The summed E-state index contributed by atoms with van der Waals surface area (Å²) in [6, 6.07) is 0. The van der Waals surface area contributed by atoms with E-state index in [4.69, 9.17) is 3.83 Å². The molecule has 26 valence electrons. The van der Waals surface area contributed by atoms with Crippen molar-refractivity contribution in [2.24, 2.45) is 0 Å². The summed E-state index contributed by atoms with van der Waals surface area (Å²) in [6.45, 7) is 0. The van der Waals surface area contributed by atoms with Gasteiger partial charge in [0.05, 0.1) is 0 Å². The Morgan fingerprint density at radius 2 is 1.40 bits per heavy atom. The fraction of sp³-hybridized carbons (Fsp3) is 0. The molecule has 0 saturated carbocycles. The first-order chi connectivity index (χ1) is 1.00. The van der Waals surface area contributed by atoms with Gasteiger partial charge in [-0.2, -0.15) is 0 Å². The van der Waals surface area contributed by atoms with Crippen LogP contribution in [0.5, 0.6) is 0 Å². The summed E-state index contributed by atoms with van der Waals surface area (Å²) in [6.07, 6.45) is 0. The van der Waals surface area contributed by atoms with E-state index in [-0.39, 0.29) is 101 Å². The quantitative estimate of drug-likeness (QED) is 0.549. The fourth-order valence-corrected chi connectivity index (χ4v) is 0. The minimum absolute atomic E-state index is 0. The molecular weight excluding hydrogens is 349 g/mol. The van der Waals surface area contributed by atoms with Crippen molar-refractivity contribution in [3.8, 4) is 0 Å².